The zero-order valence-corrected chi connectivity index (χ0v) is 22.2. The number of carbonyl (C=O) groups excluding carboxylic acids is 2. The lowest BCUT2D eigenvalue weighted by Crippen LogP contribution is -2.30. The maximum atomic E-state index is 12.8. The van der Waals surface area contributed by atoms with E-state index in [4.69, 9.17) is 0 Å². The molecule has 1 N–H and O–H groups in total. The zero-order valence-electron chi connectivity index (χ0n) is 19.0. The molecule has 10 heteroatoms. The molecule has 0 saturated heterocycles. The van der Waals surface area contributed by atoms with Gasteiger partial charge in [0.1, 0.15) is 0 Å². The van der Waals surface area contributed by atoms with Crippen molar-refractivity contribution in [2.24, 2.45) is 0 Å². The third-order valence-corrected chi connectivity index (χ3v) is 10.1. The number of rotatable bonds is 7. The van der Waals surface area contributed by atoms with Gasteiger partial charge in [0.05, 0.1) is 31.9 Å². The molecule has 180 valence electrons. The molecule has 36 heavy (non-hydrogen) atoms. The number of thioether (sulfide) groups is 2. The number of aromatic nitrogens is 2. The summed E-state index contributed by atoms with van der Waals surface area (Å²) in [5.41, 5.74) is 4.81. The van der Waals surface area contributed by atoms with E-state index in [1.165, 1.54) is 40.4 Å². The summed E-state index contributed by atoms with van der Waals surface area (Å²) in [7, 11) is 0. The van der Waals surface area contributed by atoms with E-state index < -0.39 is 0 Å². The second-order valence-corrected chi connectivity index (χ2v) is 12.7. The van der Waals surface area contributed by atoms with E-state index in [2.05, 4.69) is 21.4 Å². The second-order valence-electron chi connectivity index (χ2n) is 8.16. The van der Waals surface area contributed by atoms with Crippen LogP contribution in [0.25, 0.3) is 20.4 Å². The fourth-order valence-electron chi connectivity index (χ4n) is 4.08. The van der Waals surface area contributed by atoms with Crippen molar-refractivity contribution in [3.8, 4) is 0 Å². The first-order valence-corrected chi connectivity index (χ1v) is 14.9. The van der Waals surface area contributed by atoms with Crippen LogP contribution >= 0.6 is 46.2 Å². The van der Waals surface area contributed by atoms with Gasteiger partial charge in [0, 0.05) is 17.9 Å². The highest BCUT2D eigenvalue weighted by Gasteiger charge is 2.24. The third-order valence-electron chi connectivity index (χ3n) is 5.76. The molecule has 0 bridgehead atoms. The largest absolute Gasteiger partial charge is 0.325 e. The van der Waals surface area contributed by atoms with Crippen LogP contribution < -0.4 is 10.2 Å². The average Bonchev–Trinajstić information content (AvgIpc) is 3.61. The monoisotopic (exact) mass is 548 g/mol. The number of amides is 2. The Labute approximate surface area is 224 Å². The maximum Gasteiger partial charge on any atom is 0.237 e. The Morgan fingerprint density at radius 2 is 1.58 bits per heavy atom. The zero-order chi connectivity index (χ0) is 24.5. The number of anilines is 2. The summed E-state index contributed by atoms with van der Waals surface area (Å²) in [6.07, 6.45) is 0.904. The van der Waals surface area contributed by atoms with E-state index in [0.717, 1.165) is 53.5 Å². The van der Waals surface area contributed by atoms with E-state index in [-0.39, 0.29) is 11.8 Å². The predicted molar refractivity (Wildman–Crippen MR) is 152 cm³/mol. The van der Waals surface area contributed by atoms with Gasteiger partial charge >= 0.3 is 0 Å². The molecule has 0 saturated carbocycles. The van der Waals surface area contributed by atoms with Gasteiger partial charge in [-0.2, -0.15) is 0 Å². The summed E-state index contributed by atoms with van der Waals surface area (Å²) in [4.78, 5) is 36.4. The molecule has 2 amide bonds. The number of para-hydroxylation sites is 2. The van der Waals surface area contributed by atoms with Gasteiger partial charge in [-0.1, -0.05) is 53.9 Å². The van der Waals surface area contributed by atoms with Gasteiger partial charge in [0.2, 0.25) is 11.8 Å². The van der Waals surface area contributed by atoms with Crippen LogP contribution in [0, 0.1) is 0 Å². The average molecular weight is 549 g/mol. The van der Waals surface area contributed by atoms with Crippen molar-refractivity contribution in [3.63, 3.8) is 0 Å². The van der Waals surface area contributed by atoms with E-state index in [9.17, 15) is 9.59 Å². The topological polar surface area (TPSA) is 75.2 Å². The van der Waals surface area contributed by atoms with Gasteiger partial charge in [-0.3, -0.25) is 9.59 Å². The van der Waals surface area contributed by atoms with Crippen LogP contribution in [-0.4, -0.2) is 39.8 Å². The number of fused-ring (bicyclic) bond motifs is 3. The Kier molecular flexibility index (Phi) is 6.66. The number of thiazole rings is 2. The lowest BCUT2D eigenvalue weighted by molar-refractivity contribution is -0.116. The SMILES string of the molecule is O=C(CSc1nc2ccccc2s1)Nc1ccc2nc(SCC(=O)N3CCc4ccccc43)sc2c1. The second kappa shape index (κ2) is 10.2. The highest BCUT2D eigenvalue weighted by atomic mass is 32.2. The number of benzene rings is 3. The Morgan fingerprint density at radius 1 is 0.861 bits per heavy atom. The van der Waals surface area contributed by atoms with Crippen molar-refractivity contribution in [2.45, 2.75) is 15.1 Å². The minimum absolute atomic E-state index is 0.0748. The van der Waals surface area contributed by atoms with Gasteiger partial charge in [0.15, 0.2) is 8.68 Å². The molecule has 0 radical (unpaired) electrons. The lowest BCUT2D eigenvalue weighted by Gasteiger charge is -2.16. The summed E-state index contributed by atoms with van der Waals surface area (Å²) in [6.45, 7) is 0.735. The van der Waals surface area contributed by atoms with Gasteiger partial charge in [-0.25, -0.2) is 9.97 Å². The van der Waals surface area contributed by atoms with Gasteiger partial charge in [-0.15, -0.1) is 22.7 Å². The molecule has 3 aromatic carbocycles. The highest BCUT2D eigenvalue weighted by Crippen LogP contribution is 2.33. The fraction of sp³-hybridized carbons (Fsp3) is 0.154. The van der Waals surface area contributed by atoms with Crippen LogP contribution in [0.5, 0.6) is 0 Å². The van der Waals surface area contributed by atoms with Gasteiger partial charge in [0.25, 0.3) is 0 Å². The molecule has 0 fully saturated rings. The highest BCUT2D eigenvalue weighted by molar-refractivity contribution is 8.02. The van der Waals surface area contributed by atoms with Crippen LogP contribution in [0.2, 0.25) is 0 Å². The molecule has 2 aromatic heterocycles. The lowest BCUT2D eigenvalue weighted by atomic mass is 10.2. The molecule has 6 nitrogen and oxygen atoms in total. The van der Waals surface area contributed by atoms with Crippen LogP contribution in [0.3, 0.4) is 0 Å². The smallest absolute Gasteiger partial charge is 0.237 e. The van der Waals surface area contributed by atoms with E-state index in [0.29, 0.717) is 11.5 Å². The van der Waals surface area contributed by atoms with E-state index in [1.54, 1.807) is 11.3 Å². The first-order chi connectivity index (χ1) is 17.6. The fourth-order valence-corrected chi connectivity index (χ4v) is 7.93. The van der Waals surface area contributed by atoms with Crippen LogP contribution in [0.15, 0.2) is 75.4 Å². The summed E-state index contributed by atoms with van der Waals surface area (Å²) in [5.74, 6) is 0.668. The number of nitrogens with zero attached hydrogens (tertiary/aromatic N) is 3. The first kappa shape index (κ1) is 23.5. The van der Waals surface area contributed by atoms with Crippen LogP contribution in [0.4, 0.5) is 11.4 Å². The van der Waals surface area contributed by atoms with Crippen LogP contribution in [-0.2, 0) is 16.0 Å². The van der Waals surface area contributed by atoms with Crippen molar-refractivity contribution in [3.05, 3.63) is 72.3 Å². The van der Waals surface area contributed by atoms with Crippen molar-refractivity contribution in [2.75, 3.05) is 28.3 Å². The summed E-state index contributed by atoms with van der Waals surface area (Å²) < 4.78 is 3.84. The predicted octanol–water partition coefficient (Wildman–Crippen LogP) is 6.32. The van der Waals surface area contributed by atoms with Crippen molar-refractivity contribution in [1.29, 1.82) is 0 Å². The molecule has 3 heterocycles. The van der Waals surface area contributed by atoms with Crippen molar-refractivity contribution in [1.82, 2.24) is 9.97 Å². The molecular formula is C26H20N4O2S4. The van der Waals surface area contributed by atoms with Gasteiger partial charge < -0.3 is 10.2 Å². The van der Waals surface area contributed by atoms with Crippen molar-refractivity contribution >= 4 is 89.8 Å². The maximum absolute atomic E-state index is 12.8. The number of carbonyl (C=O) groups is 2. The molecule has 1 aliphatic rings. The van der Waals surface area contributed by atoms with Gasteiger partial charge in [-0.05, 0) is 48.4 Å². The molecule has 6 rings (SSSR count). The minimum atomic E-state index is -0.0748. The number of hydrogen-bond acceptors (Lipinski definition) is 8. The molecular weight excluding hydrogens is 529 g/mol. The van der Waals surface area contributed by atoms with E-state index >= 15 is 0 Å². The Bertz CT molecular complexity index is 1560. The summed E-state index contributed by atoms with van der Waals surface area (Å²) in [6, 6.07) is 21.8. The molecule has 0 unspecified atom stereocenters. The first-order valence-electron chi connectivity index (χ1n) is 11.3. The standard InChI is InChI=1S/C26H20N4O2S4/c31-23(14-33-25-28-18-6-2-4-8-21(18)35-25)27-17-9-10-19-22(13-17)36-26(29-19)34-15-24(32)30-12-11-16-5-1-3-7-20(16)30/h1-10,13H,11-12,14-15H2,(H,27,31). The number of hydrogen-bond donors (Lipinski definition) is 1. The molecule has 1 aliphatic heterocycles. The molecule has 0 atom stereocenters. The minimum Gasteiger partial charge on any atom is -0.325 e. The van der Waals surface area contributed by atoms with E-state index in [1.807, 2.05) is 65.6 Å². The Morgan fingerprint density at radius 3 is 2.44 bits per heavy atom. The van der Waals surface area contributed by atoms with Crippen molar-refractivity contribution < 1.29 is 9.59 Å². The molecule has 0 spiro atoms. The Balaban J connectivity index is 1.05. The van der Waals surface area contributed by atoms with Crippen LogP contribution in [0.1, 0.15) is 5.56 Å². The third kappa shape index (κ3) is 4.99. The molecule has 5 aromatic rings. The summed E-state index contributed by atoms with van der Waals surface area (Å²) in [5, 5.41) is 2.97. The normalized spacial score (nSPS) is 12.8. The molecule has 0 aliphatic carbocycles. The Hall–Kier alpha value is -2.92. The number of nitrogens with one attached hydrogen (secondary N) is 1. The quantitative estimate of drug-likeness (QED) is 0.240. The summed E-state index contributed by atoms with van der Waals surface area (Å²) >= 11 is 6.04.